The molecule has 0 aliphatic heterocycles. The molecule has 0 saturated carbocycles. The van der Waals surface area contributed by atoms with Crippen LogP contribution >= 0.6 is 0 Å². The van der Waals surface area contributed by atoms with Crippen molar-refractivity contribution in [1.82, 2.24) is 4.90 Å². The lowest BCUT2D eigenvalue weighted by molar-refractivity contribution is 0.0589. The highest BCUT2D eigenvalue weighted by atomic mass is 19.1. The number of hydrogen-bond donors (Lipinski definition) is 0. The smallest absolute Gasteiger partial charge is 0.165 e. The van der Waals surface area contributed by atoms with Gasteiger partial charge >= 0.3 is 0 Å². The number of rotatable bonds is 7. The van der Waals surface area contributed by atoms with Gasteiger partial charge in [-0.2, -0.15) is 0 Å². The Morgan fingerprint density at radius 2 is 2.24 bits per heavy atom. The summed E-state index contributed by atoms with van der Waals surface area (Å²) in [6.45, 7) is 7.27. The number of ether oxygens (including phenoxy) is 2. The molecule has 0 unspecified atom stereocenters. The second kappa shape index (κ2) is 6.91. The van der Waals surface area contributed by atoms with E-state index in [1.807, 2.05) is 17.9 Å². The van der Waals surface area contributed by atoms with Gasteiger partial charge in [0.05, 0.1) is 7.11 Å². The zero-order valence-electron chi connectivity index (χ0n) is 10.3. The topological polar surface area (TPSA) is 21.7 Å². The first-order chi connectivity index (χ1) is 8.21. The first-order valence-electron chi connectivity index (χ1n) is 5.48. The van der Waals surface area contributed by atoms with Gasteiger partial charge in [0, 0.05) is 13.2 Å². The Morgan fingerprint density at radius 1 is 1.47 bits per heavy atom. The zero-order valence-corrected chi connectivity index (χ0v) is 10.3. The van der Waals surface area contributed by atoms with E-state index in [-0.39, 0.29) is 11.6 Å². The first kappa shape index (κ1) is 13.5. The third kappa shape index (κ3) is 4.07. The molecular formula is C13H18FNO2. The van der Waals surface area contributed by atoms with E-state index in [1.165, 1.54) is 13.2 Å². The maximum atomic E-state index is 13.5. The highest BCUT2D eigenvalue weighted by molar-refractivity contribution is 5.29. The summed E-state index contributed by atoms with van der Waals surface area (Å²) in [6.07, 6.45) is 1.68. The van der Waals surface area contributed by atoms with Crippen LogP contribution in [0.4, 0.5) is 4.39 Å². The van der Waals surface area contributed by atoms with E-state index in [1.54, 1.807) is 12.3 Å². The van der Waals surface area contributed by atoms with Crippen molar-refractivity contribution in [2.24, 2.45) is 0 Å². The highest BCUT2D eigenvalue weighted by Crippen LogP contribution is 2.18. The van der Waals surface area contributed by atoms with Gasteiger partial charge in [-0.3, -0.25) is 0 Å². The van der Waals surface area contributed by atoms with Crippen LogP contribution in [0, 0.1) is 5.82 Å². The van der Waals surface area contributed by atoms with Gasteiger partial charge in [0.2, 0.25) is 0 Å². The summed E-state index contributed by atoms with van der Waals surface area (Å²) in [6, 6.07) is 4.90. The van der Waals surface area contributed by atoms with Gasteiger partial charge < -0.3 is 14.4 Å². The molecule has 0 spiro atoms. The summed E-state index contributed by atoms with van der Waals surface area (Å²) in [7, 11) is 1.45. The Bertz CT molecular complexity index is 368. The summed E-state index contributed by atoms with van der Waals surface area (Å²) in [5, 5.41) is 0. The second-order valence-electron chi connectivity index (χ2n) is 3.52. The third-order valence-corrected chi connectivity index (χ3v) is 2.32. The van der Waals surface area contributed by atoms with Crippen LogP contribution in [-0.4, -0.2) is 25.3 Å². The Hall–Kier alpha value is -1.55. The van der Waals surface area contributed by atoms with Crippen molar-refractivity contribution < 1.29 is 13.9 Å². The highest BCUT2D eigenvalue weighted by Gasteiger charge is 2.05. The molecule has 1 aromatic rings. The molecule has 0 bridgehead atoms. The quantitative estimate of drug-likeness (QED) is 0.683. The normalized spacial score (nSPS) is 10.1. The number of nitrogens with zero attached hydrogens (tertiary/aromatic N) is 1. The van der Waals surface area contributed by atoms with Crippen molar-refractivity contribution in [1.29, 1.82) is 0 Å². The summed E-state index contributed by atoms with van der Waals surface area (Å²) in [5.74, 6) is -0.103. The van der Waals surface area contributed by atoms with Gasteiger partial charge in [0.1, 0.15) is 6.73 Å². The van der Waals surface area contributed by atoms with Crippen LogP contribution in [0.2, 0.25) is 0 Å². The molecule has 4 heteroatoms. The molecule has 0 amide bonds. The predicted molar refractivity (Wildman–Crippen MR) is 65.2 cm³/mol. The van der Waals surface area contributed by atoms with Crippen molar-refractivity contribution in [2.45, 2.75) is 13.5 Å². The SMILES string of the molecule is C=CN(COCC)Cc1ccc(OC)c(F)c1. The number of benzene rings is 1. The van der Waals surface area contributed by atoms with E-state index in [4.69, 9.17) is 9.47 Å². The van der Waals surface area contributed by atoms with E-state index < -0.39 is 0 Å². The van der Waals surface area contributed by atoms with Crippen molar-refractivity contribution >= 4 is 0 Å². The third-order valence-electron chi connectivity index (χ3n) is 2.32. The van der Waals surface area contributed by atoms with E-state index in [9.17, 15) is 4.39 Å². The molecule has 0 aromatic heterocycles. The van der Waals surface area contributed by atoms with E-state index in [0.717, 1.165) is 5.56 Å². The van der Waals surface area contributed by atoms with Gasteiger partial charge in [-0.15, -0.1) is 0 Å². The summed E-state index contributed by atoms with van der Waals surface area (Å²) in [5.41, 5.74) is 0.850. The lowest BCUT2D eigenvalue weighted by Crippen LogP contribution is -2.20. The fourth-order valence-electron chi connectivity index (χ4n) is 1.41. The van der Waals surface area contributed by atoms with Crippen LogP contribution in [0.25, 0.3) is 0 Å². The minimum atomic E-state index is -0.356. The number of halogens is 1. The molecule has 17 heavy (non-hydrogen) atoms. The van der Waals surface area contributed by atoms with Crippen molar-refractivity contribution in [2.75, 3.05) is 20.4 Å². The van der Waals surface area contributed by atoms with Gasteiger partial charge in [0.15, 0.2) is 11.6 Å². The Balaban J connectivity index is 2.66. The maximum Gasteiger partial charge on any atom is 0.165 e. The predicted octanol–water partition coefficient (Wildman–Crippen LogP) is 2.77. The fourth-order valence-corrected chi connectivity index (χ4v) is 1.41. The minimum absolute atomic E-state index is 0.253. The van der Waals surface area contributed by atoms with Gasteiger partial charge in [-0.05, 0) is 30.8 Å². The van der Waals surface area contributed by atoms with Gasteiger partial charge in [0.25, 0.3) is 0 Å². The molecule has 3 nitrogen and oxygen atoms in total. The van der Waals surface area contributed by atoms with Crippen LogP contribution in [0.3, 0.4) is 0 Å². The molecule has 0 heterocycles. The van der Waals surface area contributed by atoms with E-state index >= 15 is 0 Å². The monoisotopic (exact) mass is 239 g/mol. The zero-order chi connectivity index (χ0) is 12.7. The molecule has 1 rings (SSSR count). The fraction of sp³-hybridized carbons (Fsp3) is 0.385. The molecule has 1 aromatic carbocycles. The first-order valence-corrected chi connectivity index (χ1v) is 5.48. The Kier molecular flexibility index (Phi) is 5.49. The minimum Gasteiger partial charge on any atom is -0.494 e. The Labute approximate surface area is 101 Å². The summed E-state index contributed by atoms with van der Waals surface area (Å²) < 4.78 is 23.6. The van der Waals surface area contributed by atoms with E-state index in [2.05, 4.69) is 6.58 Å². The van der Waals surface area contributed by atoms with Crippen molar-refractivity contribution in [3.8, 4) is 5.75 Å². The molecule has 0 saturated heterocycles. The van der Waals surface area contributed by atoms with Crippen LogP contribution in [-0.2, 0) is 11.3 Å². The molecule has 0 aliphatic rings. The molecule has 94 valence electrons. The van der Waals surface area contributed by atoms with Gasteiger partial charge in [-0.25, -0.2) is 4.39 Å². The largest absolute Gasteiger partial charge is 0.494 e. The molecule has 0 fully saturated rings. The molecular weight excluding hydrogens is 221 g/mol. The van der Waals surface area contributed by atoms with Crippen LogP contribution in [0.1, 0.15) is 12.5 Å². The van der Waals surface area contributed by atoms with E-state index in [0.29, 0.717) is 19.9 Å². The maximum absolute atomic E-state index is 13.5. The Morgan fingerprint density at radius 3 is 2.76 bits per heavy atom. The van der Waals surface area contributed by atoms with Gasteiger partial charge in [-0.1, -0.05) is 12.6 Å². The summed E-state index contributed by atoms with van der Waals surface area (Å²) >= 11 is 0. The lowest BCUT2D eigenvalue weighted by Gasteiger charge is -2.19. The van der Waals surface area contributed by atoms with Crippen LogP contribution in [0.15, 0.2) is 31.0 Å². The average molecular weight is 239 g/mol. The molecule has 0 atom stereocenters. The average Bonchev–Trinajstić information content (AvgIpc) is 2.34. The van der Waals surface area contributed by atoms with Crippen LogP contribution in [0.5, 0.6) is 5.75 Å². The molecule has 0 aliphatic carbocycles. The lowest BCUT2D eigenvalue weighted by atomic mass is 10.2. The second-order valence-corrected chi connectivity index (χ2v) is 3.52. The number of hydrogen-bond acceptors (Lipinski definition) is 3. The van der Waals surface area contributed by atoms with Crippen molar-refractivity contribution in [3.63, 3.8) is 0 Å². The standard InChI is InChI=1S/C13H18FNO2/c1-4-15(10-17-5-2)9-11-6-7-13(16-3)12(14)8-11/h4,6-8H,1,5,9-10H2,2-3H3. The molecule has 0 N–H and O–H groups in total. The van der Waals surface area contributed by atoms with Crippen molar-refractivity contribution in [3.05, 3.63) is 42.4 Å². The molecule has 0 radical (unpaired) electrons. The number of methoxy groups -OCH3 is 1. The van der Waals surface area contributed by atoms with Crippen LogP contribution < -0.4 is 4.74 Å². The summed E-state index contributed by atoms with van der Waals surface area (Å²) in [4.78, 5) is 1.87.